The van der Waals surface area contributed by atoms with E-state index >= 15 is 0 Å². The van der Waals surface area contributed by atoms with Crippen molar-refractivity contribution in [3.8, 4) is 5.75 Å². The Kier molecular flexibility index (Phi) is 6.62. The van der Waals surface area contributed by atoms with Crippen LogP contribution in [0.1, 0.15) is 15.9 Å². The number of carbonyl (C=O) groups is 2. The molecule has 0 heterocycles. The molecule has 0 radical (unpaired) electrons. The van der Waals surface area contributed by atoms with Crippen LogP contribution < -0.4 is 20.9 Å². The first-order valence-electron chi connectivity index (χ1n) is 9.00. The summed E-state index contributed by atoms with van der Waals surface area (Å²) in [5.41, 5.74) is 7.88. The van der Waals surface area contributed by atoms with Crippen LogP contribution in [0.4, 0.5) is 5.69 Å². The first kappa shape index (κ1) is 19.7. The van der Waals surface area contributed by atoms with Gasteiger partial charge in [0.05, 0.1) is 5.70 Å². The van der Waals surface area contributed by atoms with Gasteiger partial charge in [-0.25, -0.2) is 0 Å². The number of carbonyl (C=O) groups excluding carboxylic acids is 2. The molecule has 3 N–H and O–H groups in total. The molecule has 0 aliphatic heterocycles. The van der Waals surface area contributed by atoms with Crippen LogP contribution >= 0.6 is 0 Å². The SMILES string of the molecule is C=C(NNC(=O)c1ccccc1)c1ccc(NC(=O)COc2ccccc2)cc1. The number of amides is 2. The minimum Gasteiger partial charge on any atom is -0.484 e. The molecule has 0 aliphatic rings. The standard InChI is InChI=1S/C23H21N3O3/c1-17(25-26-23(28)19-8-4-2-5-9-19)18-12-14-20(15-13-18)24-22(27)16-29-21-10-6-3-7-11-21/h2-15,25H,1,16H2,(H,24,27)(H,26,28). The minimum atomic E-state index is -0.256. The summed E-state index contributed by atoms with van der Waals surface area (Å²) in [6.45, 7) is 3.83. The van der Waals surface area contributed by atoms with E-state index < -0.39 is 0 Å². The lowest BCUT2D eigenvalue weighted by atomic mass is 10.1. The van der Waals surface area contributed by atoms with E-state index in [0.717, 1.165) is 5.56 Å². The number of anilines is 1. The highest BCUT2D eigenvalue weighted by Crippen LogP contribution is 2.14. The maximum atomic E-state index is 12.0. The molecule has 3 aromatic rings. The van der Waals surface area contributed by atoms with Crippen molar-refractivity contribution in [2.24, 2.45) is 0 Å². The zero-order chi connectivity index (χ0) is 20.5. The Labute approximate surface area is 169 Å². The van der Waals surface area contributed by atoms with Crippen LogP contribution in [-0.4, -0.2) is 18.4 Å². The lowest BCUT2D eigenvalue weighted by molar-refractivity contribution is -0.118. The van der Waals surface area contributed by atoms with Crippen molar-refractivity contribution >= 4 is 23.2 Å². The van der Waals surface area contributed by atoms with Crippen molar-refractivity contribution in [3.63, 3.8) is 0 Å². The number of benzene rings is 3. The fraction of sp³-hybridized carbons (Fsp3) is 0.0435. The average Bonchev–Trinajstić information content (AvgIpc) is 2.77. The smallest absolute Gasteiger partial charge is 0.269 e. The third kappa shape index (κ3) is 5.97. The zero-order valence-electron chi connectivity index (χ0n) is 15.7. The summed E-state index contributed by atoms with van der Waals surface area (Å²) >= 11 is 0. The van der Waals surface area contributed by atoms with E-state index in [2.05, 4.69) is 22.7 Å². The van der Waals surface area contributed by atoms with E-state index in [1.165, 1.54) is 0 Å². The van der Waals surface area contributed by atoms with Crippen molar-refractivity contribution < 1.29 is 14.3 Å². The number of hydrogen-bond donors (Lipinski definition) is 3. The van der Waals surface area contributed by atoms with Crippen LogP contribution in [0.25, 0.3) is 5.70 Å². The van der Waals surface area contributed by atoms with Gasteiger partial charge in [-0.1, -0.05) is 55.1 Å². The van der Waals surface area contributed by atoms with Crippen LogP contribution in [0.15, 0.2) is 91.5 Å². The molecule has 6 heteroatoms. The Morgan fingerprint density at radius 2 is 1.38 bits per heavy atom. The molecule has 0 aromatic heterocycles. The topological polar surface area (TPSA) is 79.5 Å². The van der Waals surface area contributed by atoms with E-state index in [9.17, 15) is 9.59 Å². The Morgan fingerprint density at radius 3 is 2.03 bits per heavy atom. The third-order valence-electron chi connectivity index (χ3n) is 3.99. The summed E-state index contributed by atoms with van der Waals surface area (Å²) in [5, 5.41) is 2.77. The van der Waals surface area contributed by atoms with E-state index in [1.807, 2.05) is 24.3 Å². The van der Waals surface area contributed by atoms with Gasteiger partial charge >= 0.3 is 0 Å². The molecule has 29 heavy (non-hydrogen) atoms. The van der Waals surface area contributed by atoms with Crippen molar-refractivity contribution in [1.29, 1.82) is 0 Å². The monoisotopic (exact) mass is 387 g/mol. The molecule has 2 amide bonds. The molecule has 3 rings (SSSR count). The lowest BCUT2D eigenvalue weighted by Crippen LogP contribution is -2.35. The second kappa shape index (κ2) is 9.75. The van der Waals surface area contributed by atoms with Gasteiger partial charge in [-0.05, 0) is 42.0 Å². The summed E-state index contributed by atoms with van der Waals surface area (Å²) in [6, 6.07) is 25.1. The van der Waals surface area contributed by atoms with Gasteiger partial charge in [-0.15, -0.1) is 0 Å². The summed E-state index contributed by atoms with van der Waals surface area (Å²) in [5.74, 6) is 0.126. The van der Waals surface area contributed by atoms with Gasteiger partial charge in [0.2, 0.25) is 0 Å². The van der Waals surface area contributed by atoms with E-state index in [-0.39, 0.29) is 18.4 Å². The highest BCUT2D eigenvalue weighted by atomic mass is 16.5. The molecule has 0 saturated heterocycles. The molecular formula is C23H21N3O3. The number of hydrogen-bond acceptors (Lipinski definition) is 4. The molecule has 146 valence electrons. The average molecular weight is 387 g/mol. The number of ether oxygens (including phenoxy) is 1. The number of para-hydroxylation sites is 1. The maximum Gasteiger partial charge on any atom is 0.269 e. The summed E-state index contributed by atoms with van der Waals surface area (Å²) in [6.07, 6.45) is 0. The molecule has 3 aromatic carbocycles. The highest BCUT2D eigenvalue weighted by molar-refractivity contribution is 5.94. The van der Waals surface area contributed by atoms with Crippen LogP contribution in [0.5, 0.6) is 5.75 Å². The second-order valence-corrected chi connectivity index (χ2v) is 6.15. The van der Waals surface area contributed by atoms with Crippen molar-refractivity contribution in [2.45, 2.75) is 0 Å². The van der Waals surface area contributed by atoms with Crippen molar-refractivity contribution in [2.75, 3.05) is 11.9 Å². The molecule has 0 aliphatic carbocycles. The first-order valence-corrected chi connectivity index (χ1v) is 9.00. The Bertz CT molecular complexity index is 971. The van der Waals surface area contributed by atoms with Gasteiger partial charge in [0.15, 0.2) is 6.61 Å². The van der Waals surface area contributed by atoms with Crippen LogP contribution in [0.3, 0.4) is 0 Å². The third-order valence-corrected chi connectivity index (χ3v) is 3.99. The normalized spacial score (nSPS) is 9.93. The van der Waals surface area contributed by atoms with Crippen LogP contribution in [-0.2, 0) is 4.79 Å². The minimum absolute atomic E-state index is 0.0778. The summed E-state index contributed by atoms with van der Waals surface area (Å²) in [4.78, 5) is 24.0. The zero-order valence-corrected chi connectivity index (χ0v) is 15.7. The number of nitrogens with one attached hydrogen (secondary N) is 3. The predicted molar refractivity (Wildman–Crippen MR) is 113 cm³/mol. The van der Waals surface area contributed by atoms with Gasteiger partial charge < -0.3 is 10.1 Å². The van der Waals surface area contributed by atoms with Gasteiger partial charge in [-0.3, -0.25) is 20.4 Å². The fourth-order valence-corrected chi connectivity index (χ4v) is 2.48. The van der Waals surface area contributed by atoms with E-state index in [0.29, 0.717) is 22.7 Å². The Balaban J connectivity index is 1.47. The molecule has 0 bridgehead atoms. The lowest BCUT2D eigenvalue weighted by Gasteiger charge is -2.12. The second-order valence-electron chi connectivity index (χ2n) is 6.15. The van der Waals surface area contributed by atoms with E-state index in [4.69, 9.17) is 4.74 Å². The predicted octanol–water partition coefficient (Wildman–Crippen LogP) is 3.61. The highest BCUT2D eigenvalue weighted by Gasteiger charge is 2.07. The molecule has 6 nitrogen and oxygen atoms in total. The number of hydrazine groups is 1. The summed E-state index contributed by atoms with van der Waals surface area (Å²) in [7, 11) is 0. The fourth-order valence-electron chi connectivity index (χ4n) is 2.48. The van der Waals surface area contributed by atoms with Crippen molar-refractivity contribution in [3.05, 3.63) is 103 Å². The molecule has 0 atom stereocenters. The quantitative estimate of drug-likeness (QED) is 0.516. The van der Waals surface area contributed by atoms with E-state index in [1.54, 1.807) is 60.7 Å². The van der Waals surface area contributed by atoms with Crippen LogP contribution in [0.2, 0.25) is 0 Å². The first-order chi connectivity index (χ1) is 14.1. The van der Waals surface area contributed by atoms with Gasteiger partial charge in [-0.2, -0.15) is 0 Å². The number of rotatable bonds is 8. The molecule has 0 unspecified atom stereocenters. The van der Waals surface area contributed by atoms with Gasteiger partial charge in [0.1, 0.15) is 5.75 Å². The maximum absolute atomic E-state index is 12.0. The molecule has 0 fully saturated rings. The van der Waals surface area contributed by atoms with Gasteiger partial charge in [0, 0.05) is 11.3 Å². The largest absolute Gasteiger partial charge is 0.484 e. The van der Waals surface area contributed by atoms with Crippen molar-refractivity contribution in [1.82, 2.24) is 10.9 Å². The Hall–Kier alpha value is -4.06. The van der Waals surface area contributed by atoms with Gasteiger partial charge in [0.25, 0.3) is 11.8 Å². The molecular weight excluding hydrogens is 366 g/mol. The molecule has 0 spiro atoms. The summed E-state index contributed by atoms with van der Waals surface area (Å²) < 4.78 is 5.42. The molecule has 0 saturated carbocycles. The van der Waals surface area contributed by atoms with Crippen LogP contribution in [0, 0.1) is 0 Å². The Morgan fingerprint density at radius 1 is 0.759 bits per heavy atom.